The predicted octanol–water partition coefficient (Wildman–Crippen LogP) is 0.655. The van der Waals surface area contributed by atoms with Crippen LogP contribution >= 0.6 is 23.5 Å². The molecule has 0 radical (unpaired) electrons. The smallest absolute Gasteiger partial charge is 0.267 e. The number of aromatic nitrogens is 2. The quantitative estimate of drug-likeness (QED) is 0.653. The zero-order chi connectivity index (χ0) is 13.3. The molecule has 0 bridgehead atoms. The first-order valence-electron chi connectivity index (χ1n) is 5.63. The summed E-state index contributed by atoms with van der Waals surface area (Å²) in [6, 6.07) is 0. The van der Waals surface area contributed by atoms with E-state index < -0.39 is 0 Å². The van der Waals surface area contributed by atoms with Crippen LogP contribution in [0, 0.1) is 0 Å². The molecule has 5 nitrogen and oxygen atoms in total. The Morgan fingerprint density at radius 3 is 3.06 bits per heavy atom. The van der Waals surface area contributed by atoms with Crippen LogP contribution in [-0.4, -0.2) is 33.5 Å². The van der Waals surface area contributed by atoms with Gasteiger partial charge in [-0.05, 0) is 0 Å². The van der Waals surface area contributed by atoms with E-state index in [-0.39, 0.29) is 17.2 Å². The summed E-state index contributed by atoms with van der Waals surface area (Å²) >= 11 is 2.88. The topological polar surface area (TPSA) is 64.0 Å². The maximum Gasteiger partial charge on any atom is 0.267 e. The van der Waals surface area contributed by atoms with Crippen molar-refractivity contribution in [3.8, 4) is 0 Å². The van der Waals surface area contributed by atoms with E-state index in [0.717, 1.165) is 17.0 Å². The van der Waals surface area contributed by atoms with Crippen LogP contribution in [0.15, 0.2) is 14.8 Å². The lowest BCUT2D eigenvalue weighted by Gasteiger charge is -2.08. The molecule has 1 aliphatic heterocycles. The molecule has 1 unspecified atom stereocenters. The van der Waals surface area contributed by atoms with Gasteiger partial charge in [-0.15, -0.1) is 11.8 Å². The van der Waals surface area contributed by atoms with Crippen molar-refractivity contribution in [2.24, 2.45) is 7.05 Å². The van der Waals surface area contributed by atoms with E-state index in [2.05, 4.69) is 17.2 Å². The summed E-state index contributed by atoms with van der Waals surface area (Å²) in [5, 5.41) is 3.56. The molecule has 1 aromatic rings. The third-order valence-electron chi connectivity index (χ3n) is 2.69. The Bertz CT molecular complexity index is 542. The zero-order valence-electron chi connectivity index (χ0n) is 10.5. The normalized spacial score (nSPS) is 17.6. The fraction of sp³-hybridized carbons (Fsp3) is 0.545. The molecule has 18 heavy (non-hydrogen) atoms. The van der Waals surface area contributed by atoms with E-state index in [0.29, 0.717) is 10.4 Å². The molecule has 7 heteroatoms. The molecular formula is C11H15N3O2S2. The lowest BCUT2D eigenvalue weighted by Crippen LogP contribution is -2.24. The highest BCUT2D eigenvalue weighted by Gasteiger charge is 2.25. The van der Waals surface area contributed by atoms with Crippen LogP contribution in [0.2, 0.25) is 0 Å². The van der Waals surface area contributed by atoms with Crippen molar-refractivity contribution < 1.29 is 4.79 Å². The van der Waals surface area contributed by atoms with E-state index in [1.54, 1.807) is 25.9 Å². The standard InChI is InChI=1S/C11H15N3O2S2/c1-6-4-7-9(18-6)10(16)14(3)11(13-7)17-5-8(15)12-2/h6H,4-5H2,1-3H3,(H,12,15). The van der Waals surface area contributed by atoms with Gasteiger partial charge in [-0.3, -0.25) is 14.2 Å². The number of nitrogens with zero attached hydrogens (tertiary/aromatic N) is 2. The highest BCUT2D eigenvalue weighted by atomic mass is 32.2. The number of fused-ring (bicyclic) bond motifs is 1. The van der Waals surface area contributed by atoms with Crippen molar-refractivity contribution in [1.29, 1.82) is 0 Å². The van der Waals surface area contributed by atoms with Gasteiger partial charge in [-0.25, -0.2) is 4.98 Å². The fourth-order valence-corrected chi connectivity index (χ4v) is 3.71. The SMILES string of the molecule is CNC(=O)CSc1nc2c(c(=O)n1C)SC(C)C2. The van der Waals surface area contributed by atoms with Crippen LogP contribution in [-0.2, 0) is 18.3 Å². The van der Waals surface area contributed by atoms with Crippen LogP contribution in [0.5, 0.6) is 0 Å². The summed E-state index contributed by atoms with van der Waals surface area (Å²) < 4.78 is 1.53. The molecule has 1 aromatic heterocycles. The number of hydrogen-bond donors (Lipinski definition) is 1. The van der Waals surface area contributed by atoms with Crippen LogP contribution in [0.1, 0.15) is 12.6 Å². The molecule has 0 saturated heterocycles. The minimum absolute atomic E-state index is 0.00578. The molecule has 1 N–H and O–H groups in total. The van der Waals surface area contributed by atoms with Gasteiger partial charge in [0.25, 0.3) is 5.56 Å². The number of amides is 1. The maximum atomic E-state index is 12.1. The largest absolute Gasteiger partial charge is 0.358 e. The van der Waals surface area contributed by atoms with Crippen molar-refractivity contribution in [3.05, 3.63) is 16.0 Å². The summed E-state index contributed by atoms with van der Waals surface area (Å²) in [5.41, 5.74) is 0.865. The van der Waals surface area contributed by atoms with Gasteiger partial charge in [-0.1, -0.05) is 18.7 Å². The first-order chi connectivity index (χ1) is 8.52. The van der Waals surface area contributed by atoms with E-state index in [1.165, 1.54) is 16.3 Å². The van der Waals surface area contributed by atoms with Gasteiger partial charge in [0, 0.05) is 25.8 Å². The third-order valence-corrected chi connectivity index (χ3v) is 4.93. The van der Waals surface area contributed by atoms with E-state index >= 15 is 0 Å². The average Bonchev–Trinajstić information content (AvgIpc) is 2.72. The van der Waals surface area contributed by atoms with Crippen LogP contribution in [0.3, 0.4) is 0 Å². The van der Waals surface area contributed by atoms with Gasteiger partial charge in [0.2, 0.25) is 5.91 Å². The molecule has 0 aromatic carbocycles. The molecule has 1 amide bonds. The number of thioether (sulfide) groups is 2. The van der Waals surface area contributed by atoms with E-state index in [9.17, 15) is 9.59 Å². The Morgan fingerprint density at radius 1 is 1.67 bits per heavy atom. The molecule has 98 valence electrons. The second-order valence-electron chi connectivity index (χ2n) is 4.13. The highest BCUT2D eigenvalue weighted by molar-refractivity contribution is 8.00. The summed E-state index contributed by atoms with van der Waals surface area (Å²) in [5.74, 6) is 0.204. The number of rotatable bonds is 3. The summed E-state index contributed by atoms with van der Waals surface area (Å²) in [6.07, 6.45) is 0.823. The van der Waals surface area contributed by atoms with Gasteiger partial charge < -0.3 is 5.32 Å². The van der Waals surface area contributed by atoms with Gasteiger partial charge >= 0.3 is 0 Å². The Morgan fingerprint density at radius 2 is 2.39 bits per heavy atom. The maximum absolute atomic E-state index is 12.1. The Balaban J connectivity index is 2.28. The monoisotopic (exact) mass is 285 g/mol. The minimum atomic E-state index is -0.0718. The molecule has 2 heterocycles. The average molecular weight is 285 g/mol. The lowest BCUT2D eigenvalue weighted by molar-refractivity contribution is -0.118. The van der Waals surface area contributed by atoms with E-state index in [1.807, 2.05) is 0 Å². The van der Waals surface area contributed by atoms with Crippen molar-refractivity contribution in [1.82, 2.24) is 14.9 Å². The summed E-state index contributed by atoms with van der Waals surface area (Å²) in [4.78, 5) is 28.6. The third kappa shape index (κ3) is 2.56. The Hall–Kier alpha value is -0.950. The molecule has 1 atom stereocenters. The van der Waals surface area contributed by atoms with Crippen LogP contribution < -0.4 is 10.9 Å². The summed E-state index contributed by atoms with van der Waals surface area (Å²) in [7, 11) is 3.29. The Kier molecular flexibility index (Phi) is 4.01. The van der Waals surface area contributed by atoms with E-state index in [4.69, 9.17) is 0 Å². The number of hydrogen-bond acceptors (Lipinski definition) is 5. The summed E-state index contributed by atoms with van der Waals surface area (Å²) in [6.45, 7) is 2.09. The zero-order valence-corrected chi connectivity index (χ0v) is 12.2. The minimum Gasteiger partial charge on any atom is -0.358 e. The van der Waals surface area contributed by atoms with Gasteiger partial charge in [0.05, 0.1) is 16.3 Å². The van der Waals surface area contributed by atoms with Crippen LogP contribution in [0.25, 0.3) is 0 Å². The number of carbonyl (C=O) groups excluding carboxylic acids is 1. The molecule has 0 fully saturated rings. The Labute approximate surface area is 114 Å². The first-order valence-corrected chi connectivity index (χ1v) is 7.49. The molecule has 0 aliphatic carbocycles. The molecule has 2 rings (SSSR count). The molecule has 0 spiro atoms. The van der Waals surface area contributed by atoms with Gasteiger partial charge in [0.15, 0.2) is 5.16 Å². The number of carbonyl (C=O) groups is 1. The number of nitrogens with one attached hydrogen (secondary N) is 1. The van der Waals surface area contributed by atoms with Crippen molar-refractivity contribution in [2.45, 2.75) is 28.6 Å². The second-order valence-corrected chi connectivity index (χ2v) is 6.52. The van der Waals surface area contributed by atoms with Crippen molar-refractivity contribution in [3.63, 3.8) is 0 Å². The highest BCUT2D eigenvalue weighted by Crippen LogP contribution is 2.33. The van der Waals surface area contributed by atoms with Crippen molar-refractivity contribution >= 4 is 29.4 Å². The molecule has 1 aliphatic rings. The molecule has 0 saturated carbocycles. The van der Waals surface area contributed by atoms with Gasteiger partial charge in [0.1, 0.15) is 0 Å². The van der Waals surface area contributed by atoms with Gasteiger partial charge in [-0.2, -0.15) is 0 Å². The van der Waals surface area contributed by atoms with Crippen molar-refractivity contribution in [2.75, 3.05) is 12.8 Å². The predicted molar refractivity (Wildman–Crippen MR) is 73.3 cm³/mol. The second kappa shape index (κ2) is 5.36. The first kappa shape index (κ1) is 13.5. The molecular weight excluding hydrogens is 270 g/mol. The fourth-order valence-electron chi connectivity index (χ4n) is 1.71. The lowest BCUT2D eigenvalue weighted by atomic mass is 10.2. The van der Waals surface area contributed by atoms with Crippen LogP contribution in [0.4, 0.5) is 0 Å².